The first-order valence-corrected chi connectivity index (χ1v) is 6.88. The second kappa shape index (κ2) is 3.76. The zero-order chi connectivity index (χ0) is 12.0. The monoisotopic (exact) mass is 310 g/mol. The molecule has 0 aliphatic heterocycles. The number of aliphatic hydroxyl groups is 1. The lowest BCUT2D eigenvalue weighted by Crippen LogP contribution is -2.40. The Balaban J connectivity index is 2.33. The Hall–Kier alpha value is -0.510. The van der Waals surface area contributed by atoms with E-state index in [-0.39, 0.29) is 16.2 Å². The minimum Gasteiger partial charge on any atom is -0.394 e. The summed E-state index contributed by atoms with van der Waals surface area (Å²) in [6, 6.07) is 0. The van der Waals surface area contributed by atoms with Crippen molar-refractivity contribution in [3.05, 3.63) is 4.60 Å². The van der Waals surface area contributed by atoms with Crippen LogP contribution >= 0.6 is 15.9 Å². The molecule has 1 saturated carbocycles. The van der Waals surface area contributed by atoms with Crippen LogP contribution in [-0.4, -0.2) is 40.7 Å². The van der Waals surface area contributed by atoms with E-state index in [0.717, 1.165) is 0 Å². The van der Waals surface area contributed by atoms with Gasteiger partial charge in [-0.3, -0.25) is 0 Å². The van der Waals surface area contributed by atoms with Gasteiger partial charge in [0.25, 0.3) is 10.0 Å². The van der Waals surface area contributed by atoms with Crippen LogP contribution < -0.4 is 4.72 Å². The number of hydrogen-bond donors (Lipinski definition) is 2. The Morgan fingerprint density at radius 2 is 2.25 bits per heavy atom. The van der Waals surface area contributed by atoms with Crippen molar-refractivity contribution in [2.24, 2.45) is 7.05 Å². The van der Waals surface area contributed by atoms with E-state index in [4.69, 9.17) is 5.11 Å². The van der Waals surface area contributed by atoms with Crippen molar-refractivity contribution in [1.29, 1.82) is 0 Å². The van der Waals surface area contributed by atoms with Gasteiger partial charge in [-0.1, -0.05) is 5.21 Å². The molecule has 0 aromatic carbocycles. The molecule has 0 radical (unpaired) electrons. The molecule has 0 saturated heterocycles. The van der Waals surface area contributed by atoms with Crippen molar-refractivity contribution in [3.8, 4) is 0 Å². The summed E-state index contributed by atoms with van der Waals surface area (Å²) in [5.41, 5.74) is -0.692. The molecule has 1 fully saturated rings. The topological polar surface area (TPSA) is 97.1 Å². The van der Waals surface area contributed by atoms with Crippen LogP contribution in [0.4, 0.5) is 0 Å². The Labute approximate surface area is 101 Å². The molecule has 0 bridgehead atoms. The third-order valence-corrected chi connectivity index (χ3v) is 4.96. The van der Waals surface area contributed by atoms with Gasteiger partial charge in [0, 0.05) is 7.05 Å². The minimum absolute atomic E-state index is 0.0350. The van der Waals surface area contributed by atoms with E-state index in [1.54, 1.807) is 0 Å². The highest BCUT2D eigenvalue weighted by atomic mass is 79.9. The molecule has 1 heterocycles. The molecule has 9 heteroatoms. The number of aliphatic hydroxyl groups excluding tert-OH is 1. The van der Waals surface area contributed by atoms with Gasteiger partial charge in [-0.2, -0.15) is 0 Å². The van der Waals surface area contributed by atoms with Gasteiger partial charge in [0.05, 0.1) is 12.1 Å². The summed E-state index contributed by atoms with van der Waals surface area (Å²) in [6.07, 6.45) is 1.29. The SMILES string of the molecule is Cn1nnc(Br)c1S(=O)(=O)NC1(CO)CC1. The number of aryl methyl sites for hydroxylation is 1. The van der Waals surface area contributed by atoms with Gasteiger partial charge in [-0.25, -0.2) is 17.8 Å². The highest BCUT2D eigenvalue weighted by Gasteiger charge is 2.46. The third kappa shape index (κ3) is 1.99. The molecular formula is C7H11BrN4O3S. The molecule has 2 rings (SSSR count). The van der Waals surface area contributed by atoms with E-state index in [2.05, 4.69) is 31.0 Å². The lowest BCUT2D eigenvalue weighted by Gasteiger charge is -2.14. The molecule has 1 aromatic heterocycles. The number of nitrogens with zero attached hydrogens (tertiary/aromatic N) is 3. The summed E-state index contributed by atoms with van der Waals surface area (Å²) in [6.45, 7) is -0.199. The molecular weight excluding hydrogens is 300 g/mol. The fourth-order valence-electron chi connectivity index (χ4n) is 1.38. The Morgan fingerprint density at radius 3 is 2.62 bits per heavy atom. The molecule has 0 amide bonds. The fraction of sp³-hybridized carbons (Fsp3) is 0.714. The van der Waals surface area contributed by atoms with Gasteiger partial charge in [-0.05, 0) is 28.8 Å². The standard InChI is InChI=1S/C7H11BrN4O3S/c1-12-6(5(8)9-11-12)16(14,15)10-7(4-13)2-3-7/h10,13H,2-4H2,1H3. The summed E-state index contributed by atoms with van der Waals surface area (Å²) in [4.78, 5) is 0. The van der Waals surface area contributed by atoms with Crippen LogP contribution in [0.1, 0.15) is 12.8 Å². The van der Waals surface area contributed by atoms with Crippen molar-refractivity contribution in [2.45, 2.75) is 23.4 Å². The fourth-order valence-corrected chi connectivity index (χ4v) is 3.93. The highest BCUT2D eigenvalue weighted by molar-refractivity contribution is 9.10. The first kappa shape index (κ1) is 12.0. The van der Waals surface area contributed by atoms with Gasteiger partial charge in [-0.15, -0.1) is 5.10 Å². The predicted molar refractivity (Wildman–Crippen MR) is 58.1 cm³/mol. The maximum absolute atomic E-state index is 12.0. The van der Waals surface area contributed by atoms with E-state index < -0.39 is 15.6 Å². The molecule has 2 N–H and O–H groups in total. The van der Waals surface area contributed by atoms with Gasteiger partial charge in [0.2, 0.25) is 5.03 Å². The van der Waals surface area contributed by atoms with Crippen LogP contribution in [-0.2, 0) is 17.1 Å². The van der Waals surface area contributed by atoms with Crippen LogP contribution in [0.15, 0.2) is 9.63 Å². The van der Waals surface area contributed by atoms with Crippen LogP contribution in [0, 0.1) is 0 Å². The molecule has 1 aliphatic carbocycles. The summed E-state index contributed by atoms with van der Waals surface area (Å²) < 4.78 is 27.8. The van der Waals surface area contributed by atoms with Crippen molar-refractivity contribution in [1.82, 2.24) is 19.7 Å². The number of hydrogen-bond acceptors (Lipinski definition) is 5. The number of halogens is 1. The maximum Gasteiger partial charge on any atom is 0.261 e. The Kier molecular flexibility index (Phi) is 2.81. The molecule has 1 aromatic rings. The highest BCUT2D eigenvalue weighted by Crippen LogP contribution is 2.36. The van der Waals surface area contributed by atoms with Crippen molar-refractivity contribution in [2.75, 3.05) is 6.61 Å². The first-order chi connectivity index (χ1) is 7.40. The lowest BCUT2D eigenvalue weighted by molar-refractivity contribution is 0.246. The second-order valence-electron chi connectivity index (χ2n) is 3.85. The zero-order valence-electron chi connectivity index (χ0n) is 8.51. The van der Waals surface area contributed by atoms with Crippen LogP contribution in [0.2, 0.25) is 0 Å². The zero-order valence-corrected chi connectivity index (χ0v) is 10.9. The molecule has 90 valence electrons. The van der Waals surface area contributed by atoms with Gasteiger partial charge >= 0.3 is 0 Å². The summed E-state index contributed by atoms with van der Waals surface area (Å²) in [5.74, 6) is 0. The van der Waals surface area contributed by atoms with E-state index in [9.17, 15) is 8.42 Å². The van der Waals surface area contributed by atoms with E-state index in [0.29, 0.717) is 12.8 Å². The maximum atomic E-state index is 12.0. The van der Waals surface area contributed by atoms with Crippen LogP contribution in [0.5, 0.6) is 0 Å². The third-order valence-electron chi connectivity index (χ3n) is 2.50. The average molecular weight is 311 g/mol. The Morgan fingerprint density at radius 1 is 1.62 bits per heavy atom. The van der Waals surface area contributed by atoms with Crippen molar-refractivity contribution in [3.63, 3.8) is 0 Å². The number of aromatic nitrogens is 3. The van der Waals surface area contributed by atoms with E-state index >= 15 is 0 Å². The number of rotatable bonds is 4. The summed E-state index contributed by atoms with van der Waals surface area (Å²) in [7, 11) is -2.21. The lowest BCUT2D eigenvalue weighted by atomic mass is 10.3. The first-order valence-electron chi connectivity index (χ1n) is 4.60. The van der Waals surface area contributed by atoms with Crippen LogP contribution in [0.25, 0.3) is 0 Å². The summed E-state index contributed by atoms with van der Waals surface area (Å²) in [5, 5.41) is 16.2. The largest absolute Gasteiger partial charge is 0.394 e. The van der Waals surface area contributed by atoms with Crippen LogP contribution in [0.3, 0.4) is 0 Å². The van der Waals surface area contributed by atoms with E-state index in [1.807, 2.05) is 0 Å². The second-order valence-corrected chi connectivity index (χ2v) is 6.20. The normalized spacial score (nSPS) is 18.7. The number of sulfonamides is 1. The average Bonchev–Trinajstić information content (AvgIpc) is 2.86. The number of nitrogens with one attached hydrogen (secondary N) is 1. The Bertz CT molecular complexity index is 488. The minimum atomic E-state index is -3.70. The quantitative estimate of drug-likeness (QED) is 0.772. The van der Waals surface area contributed by atoms with Gasteiger partial charge in [0.15, 0.2) is 4.60 Å². The molecule has 0 unspecified atom stereocenters. The molecule has 1 aliphatic rings. The van der Waals surface area contributed by atoms with Crippen molar-refractivity contribution >= 4 is 26.0 Å². The molecule has 7 nitrogen and oxygen atoms in total. The summed E-state index contributed by atoms with van der Waals surface area (Å²) >= 11 is 3.03. The van der Waals surface area contributed by atoms with Gasteiger partial charge < -0.3 is 5.11 Å². The predicted octanol–water partition coefficient (Wildman–Crippen LogP) is -0.619. The van der Waals surface area contributed by atoms with Gasteiger partial charge in [0.1, 0.15) is 0 Å². The smallest absolute Gasteiger partial charge is 0.261 e. The van der Waals surface area contributed by atoms with E-state index in [1.165, 1.54) is 11.7 Å². The molecule has 16 heavy (non-hydrogen) atoms. The molecule has 0 atom stereocenters. The molecule has 0 spiro atoms. The van der Waals surface area contributed by atoms with Crippen molar-refractivity contribution < 1.29 is 13.5 Å².